The molecule has 0 fully saturated rings. The van der Waals surface area contributed by atoms with Crippen LogP contribution in [0.25, 0.3) is 11.4 Å². The Hall–Kier alpha value is -3.01. The maximum absolute atomic E-state index is 12.4. The van der Waals surface area contributed by atoms with Gasteiger partial charge in [0, 0.05) is 29.6 Å². The molecule has 0 saturated carbocycles. The van der Waals surface area contributed by atoms with Crippen LogP contribution in [0.2, 0.25) is 0 Å². The molecule has 4 nitrogen and oxygen atoms in total. The number of hydrogen-bond acceptors (Lipinski definition) is 3. The Labute approximate surface area is 153 Å². The average molecular weight is 343 g/mol. The van der Waals surface area contributed by atoms with Crippen molar-refractivity contribution in [2.75, 3.05) is 5.32 Å². The first-order valence-corrected chi connectivity index (χ1v) is 8.97. The fourth-order valence-electron chi connectivity index (χ4n) is 3.58. The minimum Gasteiger partial charge on any atom is -0.326 e. The standard InChI is InChI=1S/C22H21N3O/c1-15-12-13-23-22(24-15)17-8-10-19(11-9-17)25-21(26)14-18-7-6-16-4-2-3-5-20(16)18/h2-5,8-13,18H,6-7,14H2,1H3,(H,25,26). The van der Waals surface area contributed by atoms with E-state index in [-0.39, 0.29) is 5.91 Å². The number of carbonyl (C=O) groups excluding carboxylic acids is 1. The first-order valence-electron chi connectivity index (χ1n) is 8.97. The maximum Gasteiger partial charge on any atom is 0.224 e. The zero-order chi connectivity index (χ0) is 17.9. The summed E-state index contributed by atoms with van der Waals surface area (Å²) in [5.74, 6) is 1.09. The van der Waals surface area contributed by atoms with Gasteiger partial charge >= 0.3 is 0 Å². The number of hydrogen-bond donors (Lipinski definition) is 1. The number of amides is 1. The van der Waals surface area contributed by atoms with Crippen LogP contribution in [0.15, 0.2) is 60.8 Å². The van der Waals surface area contributed by atoms with Crippen LogP contribution >= 0.6 is 0 Å². The molecular weight excluding hydrogens is 322 g/mol. The van der Waals surface area contributed by atoms with Crippen LogP contribution in [0.3, 0.4) is 0 Å². The molecule has 130 valence electrons. The van der Waals surface area contributed by atoms with E-state index in [4.69, 9.17) is 0 Å². The van der Waals surface area contributed by atoms with Crippen LogP contribution in [0.4, 0.5) is 5.69 Å². The van der Waals surface area contributed by atoms with Crippen molar-refractivity contribution in [3.05, 3.63) is 77.6 Å². The molecule has 1 unspecified atom stereocenters. The largest absolute Gasteiger partial charge is 0.326 e. The smallest absolute Gasteiger partial charge is 0.224 e. The summed E-state index contributed by atoms with van der Waals surface area (Å²) in [4.78, 5) is 21.2. The second-order valence-electron chi connectivity index (χ2n) is 6.79. The van der Waals surface area contributed by atoms with E-state index in [0.717, 1.165) is 29.8 Å². The summed E-state index contributed by atoms with van der Waals surface area (Å²) in [7, 11) is 0. The quantitative estimate of drug-likeness (QED) is 0.758. The lowest BCUT2D eigenvalue weighted by Gasteiger charge is -2.12. The van der Waals surface area contributed by atoms with Crippen molar-refractivity contribution in [1.82, 2.24) is 9.97 Å². The number of benzene rings is 2. The van der Waals surface area contributed by atoms with Crippen molar-refractivity contribution in [3.63, 3.8) is 0 Å². The molecule has 0 spiro atoms. The van der Waals surface area contributed by atoms with Crippen LogP contribution in [0.1, 0.15) is 35.6 Å². The van der Waals surface area contributed by atoms with Crippen LogP contribution < -0.4 is 5.32 Å². The van der Waals surface area contributed by atoms with Crippen molar-refractivity contribution in [3.8, 4) is 11.4 Å². The van der Waals surface area contributed by atoms with Gasteiger partial charge in [0.05, 0.1) is 0 Å². The fourth-order valence-corrected chi connectivity index (χ4v) is 3.58. The summed E-state index contributed by atoms with van der Waals surface area (Å²) < 4.78 is 0. The first-order chi connectivity index (χ1) is 12.7. The van der Waals surface area contributed by atoms with Gasteiger partial charge in [0.1, 0.15) is 0 Å². The highest BCUT2D eigenvalue weighted by atomic mass is 16.1. The molecule has 2 aromatic carbocycles. The summed E-state index contributed by atoms with van der Waals surface area (Å²) in [6.07, 6.45) is 4.41. The van der Waals surface area contributed by atoms with Gasteiger partial charge in [-0.15, -0.1) is 0 Å². The maximum atomic E-state index is 12.4. The van der Waals surface area contributed by atoms with Crippen LogP contribution in [-0.2, 0) is 11.2 Å². The highest BCUT2D eigenvalue weighted by molar-refractivity contribution is 5.91. The Morgan fingerprint density at radius 3 is 2.73 bits per heavy atom. The third-order valence-electron chi connectivity index (χ3n) is 4.91. The van der Waals surface area contributed by atoms with Crippen molar-refractivity contribution in [2.45, 2.75) is 32.1 Å². The average Bonchev–Trinajstić information content (AvgIpc) is 3.05. The lowest BCUT2D eigenvalue weighted by molar-refractivity contribution is -0.116. The minimum atomic E-state index is 0.0614. The van der Waals surface area contributed by atoms with E-state index in [9.17, 15) is 4.79 Å². The Bertz CT molecular complexity index is 934. The highest BCUT2D eigenvalue weighted by Crippen LogP contribution is 2.35. The van der Waals surface area contributed by atoms with Gasteiger partial charge in [0.15, 0.2) is 5.82 Å². The molecule has 0 saturated heterocycles. The van der Waals surface area contributed by atoms with Gasteiger partial charge in [-0.3, -0.25) is 4.79 Å². The normalized spacial score (nSPS) is 15.5. The first kappa shape index (κ1) is 16.5. The van der Waals surface area contributed by atoms with E-state index in [1.165, 1.54) is 11.1 Å². The zero-order valence-corrected chi connectivity index (χ0v) is 14.8. The van der Waals surface area contributed by atoms with E-state index in [0.29, 0.717) is 18.2 Å². The van der Waals surface area contributed by atoms with E-state index in [1.54, 1.807) is 6.20 Å². The van der Waals surface area contributed by atoms with Crippen LogP contribution in [-0.4, -0.2) is 15.9 Å². The van der Waals surface area contributed by atoms with E-state index < -0.39 is 0 Å². The van der Waals surface area contributed by atoms with Gasteiger partial charge in [-0.1, -0.05) is 24.3 Å². The molecule has 0 radical (unpaired) electrons. The molecule has 0 aliphatic heterocycles. The number of anilines is 1. The van der Waals surface area contributed by atoms with Gasteiger partial charge in [-0.25, -0.2) is 9.97 Å². The van der Waals surface area contributed by atoms with E-state index in [1.807, 2.05) is 37.3 Å². The Kier molecular flexibility index (Phi) is 4.48. The van der Waals surface area contributed by atoms with Gasteiger partial charge in [-0.2, -0.15) is 0 Å². The van der Waals surface area contributed by atoms with Crippen LogP contribution in [0.5, 0.6) is 0 Å². The number of aromatic nitrogens is 2. The summed E-state index contributed by atoms with van der Waals surface area (Å²) in [6.45, 7) is 1.95. The third-order valence-corrected chi connectivity index (χ3v) is 4.91. The zero-order valence-electron chi connectivity index (χ0n) is 14.8. The van der Waals surface area contributed by atoms with Crippen molar-refractivity contribution >= 4 is 11.6 Å². The molecule has 1 aromatic heterocycles. The van der Waals surface area contributed by atoms with Gasteiger partial charge < -0.3 is 5.32 Å². The monoisotopic (exact) mass is 343 g/mol. The third kappa shape index (κ3) is 3.49. The van der Waals surface area contributed by atoms with Crippen molar-refractivity contribution < 1.29 is 4.79 Å². The molecule has 26 heavy (non-hydrogen) atoms. The van der Waals surface area contributed by atoms with Gasteiger partial charge in [-0.05, 0) is 67.1 Å². The topological polar surface area (TPSA) is 54.9 Å². The second kappa shape index (κ2) is 7.08. The Morgan fingerprint density at radius 1 is 1.12 bits per heavy atom. The molecular formula is C22H21N3O. The SMILES string of the molecule is Cc1ccnc(-c2ccc(NC(=O)CC3CCc4ccccc43)cc2)n1. The molecule has 3 aromatic rings. The lowest BCUT2D eigenvalue weighted by Crippen LogP contribution is -2.14. The molecule has 1 amide bonds. The molecule has 1 heterocycles. The number of rotatable bonds is 4. The summed E-state index contributed by atoms with van der Waals surface area (Å²) in [5.41, 5.74) is 5.39. The van der Waals surface area contributed by atoms with Crippen molar-refractivity contribution in [2.24, 2.45) is 0 Å². The van der Waals surface area contributed by atoms with Gasteiger partial charge in [0.2, 0.25) is 5.91 Å². The number of nitrogens with zero attached hydrogens (tertiary/aromatic N) is 2. The van der Waals surface area contributed by atoms with E-state index >= 15 is 0 Å². The molecule has 1 aliphatic carbocycles. The van der Waals surface area contributed by atoms with Crippen molar-refractivity contribution in [1.29, 1.82) is 0 Å². The Morgan fingerprint density at radius 2 is 1.92 bits per heavy atom. The molecule has 4 rings (SSSR count). The number of fused-ring (bicyclic) bond motifs is 1. The highest BCUT2D eigenvalue weighted by Gasteiger charge is 2.24. The minimum absolute atomic E-state index is 0.0614. The second-order valence-corrected chi connectivity index (χ2v) is 6.79. The fraction of sp³-hybridized carbons (Fsp3) is 0.227. The summed E-state index contributed by atoms with van der Waals surface area (Å²) in [6, 6.07) is 18.0. The molecule has 1 N–H and O–H groups in total. The lowest BCUT2D eigenvalue weighted by atomic mass is 9.97. The molecule has 1 aliphatic rings. The summed E-state index contributed by atoms with van der Waals surface area (Å²) >= 11 is 0. The number of nitrogens with one attached hydrogen (secondary N) is 1. The number of aryl methyl sites for hydroxylation is 2. The predicted octanol–water partition coefficient (Wildman–Crippen LogP) is 4.51. The van der Waals surface area contributed by atoms with Crippen LogP contribution in [0, 0.1) is 6.92 Å². The predicted molar refractivity (Wildman–Crippen MR) is 103 cm³/mol. The van der Waals surface area contributed by atoms with E-state index in [2.05, 4.69) is 39.6 Å². The summed E-state index contributed by atoms with van der Waals surface area (Å²) in [5, 5.41) is 3.01. The number of carbonyl (C=O) groups is 1. The molecule has 1 atom stereocenters. The Balaban J connectivity index is 1.41. The van der Waals surface area contributed by atoms with Gasteiger partial charge in [0.25, 0.3) is 0 Å². The molecule has 0 bridgehead atoms. The molecule has 4 heteroatoms.